The molecule has 3 aromatic rings. The molecule has 6 nitrogen and oxygen atoms in total. The molecule has 0 spiro atoms. The number of benzene rings is 1. The predicted octanol–water partition coefficient (Wildman–Crippen LogP) is 3.74. The number of aromatic nitrogens is 4. The van der Waals surface area contributed by atoms with E-state index >= 15 is 0 Å². The van der Waals surface area contributed by atoms with Gasteiger partial charge in [0.1, 0.15) is 5.82 Å². The highest BCUT2D eigenvalue weighted by molar-refractivity contribution is 5.44. The molecule has 1 aromatic carbocycles. The maximum absolute atomic E-state index is 13.0. The molecule has 0 radical (unpaired) electrons. The first kappa shape index (κ1) is 18.7. The van der Waals surface area contributed by atoms with Crippen LogP contribution in [0.4, 0.5) is 19.0 Å². The van der Waals surface area contributed by atoms with Crippen molar-refractivity contribution in [2.45, 2.75) is 38.5 Å². The summed E-state index contributed by atoms with van der Waals surface area (Å²) in [4.78, 5) is 2.47. The van der Waals surface area contributed by atoms with Gasteiger partial charge in [-0.3, -0.25) is 4.90 Å². The van der Waals surface area contributed by atoms with Gasteiger partial charge in [0.15, 0.2) is 5.65 Å². The number of alkyl halides is 3. The molecule has 9 heteroatoms. The SMILES string of the molecule is FC(F)(F)c1nnc2ccc(NCc3ccc(CN4CCCCC4)cc3)nn12. The molecule has 28 heavy (non-hydrogen) atoms. The van der Waals surface area contributed by atoms with Crippen LogP contribution in [-0.2, 0) is 19.3 Å². The van der Waals surface area contributed by atoms with E-state index in [2.05, 4.69) is 37.6 Å². The van der Waals surface area contributed by atoms with E-state index in [1.54, 1.807) is 6.07 Å². The highest BCUT2D eigenvalue weighted by Crippen LogP contribution is 2.27. The molecule has 2 aromatic heterocycles. The number of nitrogens with one attached hydrogen (secondary N) is 1. The normalized spacial score (nSPS) is 15.8. The van der Waals surface area contributed by atoms with Crippen molar-refractivity contribution in [3.8, 4) is 0 Å². The van der Waals surface area contributed by atoms with Gasteiger partial charge in [-0.15, -0.1) is 15.3 Å². The Labute approximate surface area is 160 Å². The summed E-state index contributed by atoms with van der Waals surface area (Å²) in [6.45, 7) is 3.73. The molecule has 0 atom stereocenters. The van der Waals surface area contributed by atoms with E-state index in [1.165, 1.54) is 30.9 Å². The van der Waals surface area contributed by atoms with Gasteiger partial charge < -0.3 is 5.32 Å². The van der Waals surface area contributed by atoms with Crippen LogP contribution in [0.3, 0.4) is 0 Å². The van der Waals surface area contributed by atoms with E-state index in [1.807, 2.05) is 12.1 Å². The highest BCUT2D eigenvalue weighted by atomic mass is 19.4. The van der Waals surface area contributed by atoms with Crippen LogP contribution >= 0.6 is 0 Å². The summed E-state index contributed by atoms with van der Waals surface area (Å²) in [5.41, 5.74) is 2.36. The molecule has 1 aliphatic heterocycles. The number of piperidine rings is 1. The van der Waals surface area contributed by atoms with Crippen LogP contribution < -0.4 is 5.32 Å². The Balaban J connectivity index is 1.40. The number of anilines is 1. The average molecular weight is 390 g/mol. The second-order valence-corrected chi connectivity index (χ2v) is 7.02. The Kier molecular flexibility index (Phi) is 5.17. The standard InChI is InChI=1S/C19H21F3N6/c20-19(21,22)18-25-24-17-9-8-16(26-28(17)18)23-12-14-4-6-15(7-5-14)13-27-10-2-1-3-11-27/h4-9H,1-3,10-13H2,(H,23,26). The van der Waals surface area contributed by atoms with Gasteiger partial charge in [0.25, 0.3) is 5.82 Å². The third kappa shape index (κ3) is 4.24. The number of hydrogen-bond acceptors (Lipinski definition) is 5. The van der Waals surface area contributed by atoms with E-state index in [4.69, 9.17) is 0 Å². The third-order valence-corrected chi connectivity index (χ3v) is 4.87. The molecule has 3 heterocycles. The number of fused-ring (bicyclic) bond motifs is 1. The quantitative estimate of drug-likeness (QED) is 0.719. The molecule has 148 valence electrons. The Morgan fingerprint density at radius 2 is 1.61 bits per heavy atom. The molecular formula is C19H21F3N6. The summed E-state index contributed by atoms with van der Waals surface area (Å²) < 4.78 is 39.6. The van der Waals surface area contributed by atoms with Crippen molar-refractivity contribution in [3.05, 3.63) is 53.3 Å². The maximum Gasteiger partial charge on any atom is 0.453 e. The Bertz CT molecular complexity index is 929. The molecule has 1 saturated heterocycles. The van der Waals surface area contributed by atoms with E-state index in [0.29, 0.717) is 16.9 Å². The zero-order valence-corrected chi connectivity index (χ0v) is 15.3. The van der Waals surface area contributed by atoms with Crippen LogP contribution in [0.25, 0.3) is 5.65 Å². The number of hydrogen-bond donors (Lipinski definition) is 1. The molecular weight excluding hydrogens is 369 g/mol. The van der Waals surface area contributed by atoms with Crippen LogP contribution in [0.5, 0.6) is 0 Å². The minimum atomic E-state index is -4.60. The van der Waals surface area contributed by atoms with Crippen LogP contribution in [0.15, 0.2) is 36.4 Å². The molecule has 4 rings (SSSR count). The summed E-state index contributed by atoms with van der Waals surface area (Å²) in [7, 11) is 0. The number of halogens is 3. The topological polar surface area (TPSA) is 58.4 Å². The van der Waals surface area contributed by atoms with Crippen molar-refractivity contribution in [1.29, 1.82) is 0 Å². The summed E-state index contributed by atoms with van der Waals surface area (Å²) in [5.74, 6) is -0.802. The first-order valence-corrected chi connectivity index (χ1v) is 9.33. The van der Waals surface area contributed by atoms with Gasteiger partial charge in [0, 0.05) is 13.1 Å². The summed E-state index contributed by atoms with van der Waals surface area (Å²) in [5, 5.41) is 13.7. The highest BCUT2D eigenvalue weighted by Gasteiger charge is 2.37. The lowest BCUT2D eigenvalue weighted by molar-refractivity contribution is -0.146. The molecule has 0 bridgehead atoms. The second-order valence-electron chi connectivity index (χ2n) is 7.02. The van der Waals surface area contributed by atoms with Gasteiger partial charge >= 0.3 is 6.18 Å². The number of rotatable bonds is 5. The minimum Gasteiger partial charge on any atom is -0.365 e. The Morgan fingerprint density at radius 1 is 0.893 bits per heavy atom. The zero-order valence-electron chi connectivity index (χ0n) is 15.3. The van der Waals surface area contributed by atoms with Gasteiger partial charge in [-0.05, 0) is 49.2 Å². The summed E-state index contributed by atoms with van der Waals surface area (Å²) in [6.07, 6.45) is -0.751. The molecule has 1 aliphatic rings. The van der Waals surface area contributed by atoms with Crippen LogP contribution in [-0.4, -0.2) is 37.8 Å². The zero-order chi connectivity index (χ0) is 19.6. The van der Waals surface area contributed by atoms with Crippen LogP contribution in [0, 0.1) is 0 Å². The second kappa shape index (κ2) is 7.75. The average Bonchev–Trinajstić information content (AvgIpc) is 3.12. The lowest BCUT2D eigenvalue weighted by Gasteiger charge is -2.26. The smallest absolute Gasteiger partial charge is 0.365 e. The summed E-state index contributed by atoms with van der Waals surface area (Å²) in [6, 6.07) is 11.3. The van der Waals surface area contributed by atoms with Crippen molar-refractivity contribution in [2.24, 2.45) is 0 Å². The van der Waals surface area contributed by atoms with E-state index in [0.717, 1.165) is 25.2 Å². The maximum atomic E-state index is 13.0. The van der Waals surface area contributed by atoms with Crippen molar-refractivity contribution in [2.75, 3.05) is 18.4 Å². The fourth-order valence-electron chi connectivity index (χ4n) is 3.39. The van der Waals surface area contributed by atoms with Crippen molar-refractivity contribution in [1.82, 2.24) is 24.7 Å². The van der Waals surface area contributed by atoms with E-state index in [9.17, 15) is 13.2 Å². The fourth-order valence-corrected chi connectivity index (χ4v) is 3.39. The lowest BCUT2D eigenvalue weighted by Crippen LogP contribution is -2.29. The van der Waals surface area contributed by atoms with Gasteiger partial charge in [0.2, 0.25) is 0 Å². The van der Waals surface area contributed by atoms with Crippen LogP contribution in [0.1, 0.15) is 36.2 Å². The molecule has 1 N–H and O–H groups in total. The predicted molar refractivity (Wildman–Crippen MR) is 98.7 cm³/mol. The van der Waals surface area contributed by atoms with Gasteiger partial charge in [-0.2, -0.15) is 17.7 Å². The summed E-state index contributed by atoms with van der Waals surface area (Å²) >= 11 is 0. The Morgan fingerprint density at radius 3 is 2.32 bits per heavy atom. The monoisotopic (exact) mass is 390 g/mol. The minimum absolute atomic E-state index is 0.0555. The molecule has 1 fully saturated rings. The Hall–Kier alpha value is -2.68. The first-order valence-electron chi connectivity index (χ1n) is 9.33. The number of nitrogens with zero attached hydrogens (tertiary/aromatic N) is 5. The molecule has 0 unspecified atom stereocenters. The van der Waals surface area contributed by atoms with Crippen LogP contribution in [0.2, 0.25) is 0 Å². The van der Waals surface area contributed by atoms with E-state index in [-0.39, 0.29) is 5.65 Å². The molecule has 0 aliphatic carbocycles. The first-order chi connectivity index (χ1) is 13.5. The molecule has 0 saturated carbocycles. The third-order valence-electron chi connectivity index (χ3n) is 4.87. The van der Waals surface area contributed by atoms with Gasteiger partial charge in [-0.1, -0.05) is 30.7 Å². The van der Waals surface area contributed by atoms with Crippen molar-refractivity contribution in [3.63, 3.8) is 0 Å². The van der Waals surface area contributed by atoms with Gasteiger partial charge in [-0.25, -0.2) is 0 Å². The fraction of sp³-hybridized carbons (Fsp3) is 0.421. The largest absolute Gasteiger partial charge is 0.453 e. The van der Waals surface area contributed by atoms with Gasteiger partial charge in [0.05, 0.1) is 0 Å². The van der Waals surface area contributed by atoms with Crippen molar-refractivity contribution < 1.29 is 13.2 Å². The lowest BCUT2D eigenvalue weighted by atomic mass is 10.1. The molecule has 0 amide bonds. The van der Waals surface area contributed by atoms with Crippen molar-refractivity contribution >= 4 is 11.5 Å². The number of likely N-dealkylation sites (tertiary alicyclic amines) is 1. The van der Waals surface area contributed by atoms with E-state index < -0.39 is 12.0 Å².